The van der Waals surface area contributed by atoms with E-state index in [4.69, 9.17) is 16.6 Å². The molecule has 2 amide bonds. The fourth-order valence-corrected chi connectivity index (χ4v) is 4.67. The molecule has 2 heterocycles. The summed E-state index contributed by atoms with van der Waals surface area (Å²) in [5.41, 5.74) is 5.16. The third-order valence-electron chi connectivity index (χ3n) is 6.01. The molecule has 0 aliphatic rings. The molecule has 0 spiro atoms. The Morgan fingerprint density at radius 2 is 1.64 bits per heavy atom. The van der Waals surface area contributed by atoms with Gasteiger partial charge in [0, 0.05) is 36.7 Å². The molecule has 196 valence electrons. The van der Waals surface area contributed by atoms with E-state index >= 15 is 0 Å². The molecule has 2 aromatic heterocycles. The van der Waals surface area contributed by atoms with Gasteiger partial charge in [-0.1, -0.05) is 66.2 Å². The largest absolute Gasteiger partial charge is 0.366 e. The monoisotopic (exact) mass is 602 g/mol. The summed E-state index contributed by atoms with van der Waals surface area (Å²) in [4.78, 5) is 28.9. The summed E-state index contributed by atoms with van der Waals surface area (Å²) in [7, 11) is 0. The predicted octanol–water partition coefficient (Wildman–Crippen LogP) is 6.31. The maximum atomic E-state index is 12.7. The predicted molar refractivity (Wildman–Crippen MR) is 157 cm³/mol. The van der Waals surface area contributed by atoms with Gasteiger partial charge in [-0.3, -0.25) is 9.59 Å². The van der Waals surface area contributed by atoms with Gasteiger partial charge in [-0.15, -0.1) is 0 Å². The number of anilines is 2. The van der Waals surface area contributed by atoms with Crippen LogP contribution in [0.3, 0.4) is 0 Å². The van der Waals surface area contributed by atoms with Crippen LogP contribution in [0.2, 0.25) is 5.02 Å². The first-order valence-electron chi connectivity index (χ1n) is 12.1. The number of hydrogen-bond acceptors (Lipinski definition) is 5. The normalized spacial score (nSPS) is 10.8. The third kappa shape index (κ3) is 6.10. The highest BCUT2D eigenvalue weighted by Gasteiger charge is 2.14. The van der Waals surface area contributed by atoms with Gasteiger partial charge < -0.3 is 16.0 Å². The van der Waals surface area contributed by atoms with Gasteiger partial charge in [0.2, 0.25) is 5.91 Å². The number of para-hydroxylation sites is 1. The van der Waals surface area contributed by atoms with Gasteiger partial charge in [0.05, 0.1) is 27.6 Å². The number of halogens is 2. The average molecular weight is 604 g/mol. The Morgan fingerprint density at radius 3 is 2.38 bits per heavy atom. The SMILES string of the molecule is CC(=O)Nc1ccccc1C(=O)NCc1ccc(CNc2cc(-c3ccccc3Cl)nc3c(Br)cnn23)cc1. The standard InChI is InChI=1S/C29H24BrClN6O2/c1-18(38)35-25-9-5-3-7-22(25)29(39)33-16-20-12-10-19(11-13-20)15-32-27-14-26(21-6-2-4-8-24(21)31)36-28-23(30)17-34-37(27)28/h2-14,17,32H,15-16H2,1H3,(H,33,39)(H,35,38). The molecule has 0 saturated heterocycles. The number of nitrogens with one attached hydrogen (secondary N) is 3. The van der Waals surface area contributed by atoms with Crippen LogP contribution in [0.4, 0.5) is 11.5 Å². The molecule has 0 aliphatic carbocycles. The van der Waals surface area contributed by atoms with Crippen LogP contribution in [0, 0.1) is 0 Å². The Balaban J connectivity index is 1.27. The summed E-state index contributed by atoms with van der Waals surface area (Å²) in [6, 6.07) is 24.4. The number of fused-ring (bicyclic) bond motifs is 1. The average Bonchev–Trinajstić information content (AvgIpc) is 3.31. The van der Waals surface area contributed by atoms with E-state index in [9.17, 15) is 9.59 Å². The number of amides is 2. The van der Waals surface area contributed by atoms with E-state index in [-0.39, 0.29) is 11.8 Å². The molecule has 0 fully saturated rings. The molecule has 0 aliphatic heterocycles. The summed E-state index contributed by atoms with van der Waals surface area (Å²) >= 11 is 9.96. The first-order valence-corrected chi connectivity index (χ1v) is 13.3. The highest BCUT2D eigenvalue weighted by Crippen LogP contribution is 2.30. The van der Waals surface area contributed by atoms with Crippen LogP contribution in [0.15, 0.2) is 89.5 Å². The molecule has 39 heavy (non-hydrogen) atoms. The lowest BCUT2D eigenvalue weighted by molar-refractivity contribution is -0.114. The van der Waals surface area contributed by atoms with Gasteiger partial charge in [0.25, 0.3) is 5.91 Å². The Kier molecular flexibility index (Phi) is 7.90. The van der Waals surface area contributed by atoms with Crippen LogP contribution in [0.5, 0.6) is 0 Å². The van der Waals surface area contributed by atoms with Gasteiger partial charge in [0.1, 0.15) is 5.82 Å². The van der Waals surface area contributed by atoms with E-state index in [1.54, 1.807) is 35.0 Å². The molecular weight excluding hydrogens is 580 g/mol. The number of rotatable bonds is 8. The highest BCUT2D eigenvalue weighted by molar-refractivity contribution is 9.10. The number of nitrogens with zero attached hydrogens (tertiary/aromatic N) is 3. The van der Waals surface area contributed by atoms with E-state index in [0.29, 0.717) is 35.0 Å². The molecular formula is C29H24BrClN6O2. The van der Waals surface area contributed by atoms with Crippen molar-refractivity contribution in [2.45, 2.75) is 20.0 Å². The van der Waals surface area contributed by atoms with E-state index in [2.05, 4.69) is 37.0 Å². The van der Waals surface area contributed by atoms with Gasteiger partial charge in [-0.2, -0.15) is 9.61 Å². The van der Waals surface area contributed by atoms with Gasteiger partial charge in [0.15, 0.2) is 5.65 Å². The summed E-state index contributed by atoms with van der Waals surface area (Å²) < 4.78 is 2.53. The molecule has 3 N–H and O–H groups in total. The molecule has 5 aromatic rings. The summed E-state index contributed by atoms with van der Waals surface area (Å²) in [5, 5.41) is 14.1. The Bertz CT molecular complexity index is 1670. The molecule has 8 nitrogen and oxygen atoms in total. The van der Waals surface area contributed by atoms with Gasteiger partial charge >= 0.3 is 0 Å². The van der Waals surface area contributed by atoms with Crippen molar-refractivity contribution in [1.29, 1.82) is 0 Å². The minimum absolute atomic E-state index is 0.229. The van der Waals surface area contributed by atoms with Crippen molar-refractivity contribution < 1.29 is 9.59 Å². The lowest BCUT2D eigenvalue weighted by atomic mass is 10.1. The van der Waals surface area contributed by atoms with Crippen LogP contribution in [-0.2, 0) is 17.9 Å². The van der Waals surface area contributed by atoms with Gasteiger partial charge in [-0.05, 0) is 45.3 Å². The molecule has 10 heteroatoms. The molecule has 3 aromatic carbocycles. The van der Waals surface area contributed by atoms with Crippen molar-refractivity contribution in [3.8, 4) is 11.3 Å². The first kappa shape index (κ1) is 26.4. The first-order chi connectivity index (χ1) is 18.9. The quantitative estimate of drug-likeness (QED) is 0.193. The summed E-state index contributed by atoms with van der Waals surface area (Å²) in [6.45, 7) is 2.32. The van der Waals surface area contributed by atoms with Crippen LogP contribution >= 0.6 is 27.5 Å². The zero-order chi connectivity index (χ0) is 27.4. The van der Waals surface area contributed by atoms with E-state index < -0.39 is 0 Å². The Hall–Kier alpha value is -4.21. The lowest BCUT2D eigenvalue weighted by Crippen LogP contribution is -2.24. The van der Waals surface area contributed by atoms with Crippen molar-refractivity contribution >= 4 is 56.5 Å². The summed E-state index contributed by atoms with van der Waals surface area (Å²) in [6.07, 6.45) is 1.71. The number of carbonyl (C=O) groups excluding carboxylic acids is 2. The van der Waals surface area contributed by atoms with Crippen molar-refractivity contribution in [2.24, 2.45) is 0 Å². The van der Waals surface area contributed by atoms with Crippen LogP contribution in [0.25, 0.3) is 16.9 Å². The second kappa shape index (κ2) is 11.7. The number of benzene rings is 3. The maximum Gasteiger partial charge on any atom is 0.253 e. The summed E-state index contributed by atoms with van der Waals surface area (Å²) in [5.74, 6) is 0.286. The molecule has 5 rings (SSSR count). The fourth-order valence-electron chi connectivity index (χ4n) is 4.09. The molecule has 0 saturated carbocycles. The molecule has 0 atom stereocenters. The molecule has 0 radical (unpaired) electrons. The lowest BCUT2D eigenvalue weighted by Gasteiger charge is -2.12. The zero-order valence-corrected chi connectivity index (χ0v) is 23.3. The second-order valence-corrected chi connectivity index (χ2v) is 10.1. The number of hydrogen-bond donors (Lipinski definition) is 3. The Morgan fingerprint density at radius 1 is 0.949 bits per heavy atom. The van der Waals surface area contributed by atoms with Crippen LogP contribution in [0.1, 0.15) is 28.4 Å². The van der Waals surface area contributed by atoms with Gasteiger partial charge in [-0.25, -0.2) is 4.98 Å². The highest BCUT2D eigenvalue weighted by atomic mass is 79.9. The maximum absolute atomic E-state index is 12.7. The minimum atomic E-state index is -0.258. The van der Waals surface area contributed by atoms with E-state index in [0.717, 1.165) is 32.7 Å². The van der Waals surface area contributed by atoms with Crippen LogP contribution in [-0.4, -0.2) is 26.4 Å². The molecule has 0 bridgehead atoms. The van der Waals surface area contributed by atoms with E-state index in [1.807, 2.05) is 54.6 Å². The van der Waals surface area contributed by atoms with Crippen molar-refractivity contribution in [3.05, 3.63) is 111 Å². The van der Waals surface area contributed by atoms with Crippen molar-refractivity contribution in [3.63, 3.8) is 0 Å². The molecule has 0 unspecified atom stereocenters. The fraction of sp³-hybridized carbons (Fsp3) is 0.103. The van der Waals surface area contributed by atoms with E-state index in [1.165, 1.54) is 6.92 Å². The van der Waals surface area contributed by atoms with Crippen molar-refractivity contribution in [2.75, 3.05) is 10.6 Å². The third-order valence-corrected chi connectivity index (χ3v) is 6.90. The van der Waals surface area contributed by atoms with Crippen LogP contribution < -0.4 is 16.0 Å². The number of carbonyl (C=O) groups is 2. The smallest absolute Gasteiger partial charge is 0.253 e. The topological polar surface area (TPSA) is 100 Å². The second-order valence-electron chi connectivity index (χ2n) is 8.81. The zero-order valence-electron chi connectivity index (χ0n) is 20.9. The minimum Gasteiger partial charge on any atom is -0.366 e. The number of aromatic nitrogens is 3. The van der Waals surface area contributed by atoms with Crippen molar-refractivity contribution in [1.82, 2.24) is 19.9 Å². The Labute approximate surface area is 238 Å².